The van der Waals surface area contributed by atoms with Crippen molar-refractivity contribution in [3.8, 4) is 0 Å². The van der Waals surface area contributed by atoms with Crippen molar-refractivity contribution in [3.63, 3.8) is 0 Å². The molecule has 10 heteroatoms. The molecule has 2 rings (SSSR count). The minimum atomic E-state index is -1.10. The molecule has 114 valence electrons. The van der Waals surface area contributed by atoms with Gasteiger partial charge in [0.15, 0.2) is 0 Å². The van der Waals surface area contributed by atoms with Crippen LogP contribution >= 0.6 is 0 Å². The average molecular weight is 295 g/mol. The fourth-order valence-corrected chi connectivity index (χ4v) is 2.74. The highest BCUT2D eigenvalue weighted by Gasteiger charge is 2.35. The van der Waals surface area contributed by atoms with Crippen molar-refractivity contribution < 1.29 is 10.0 Å². The second-order valence-corrected chi connectivity index (χ2v) is 5.50. The molecular formula is C11H17N7O3. The fraction of sp³-hybridized carbons (Fsp3) is 0.727. The summed E-state index contributed by atoms with van der Waals surface area (Å²) in [5, 5.41) is 29.1. The average Bonchev–Trinajstić information content (AvgIpc) is 2.68. The van der Waals surface area contributed by atoms with Gasteiger partial charge in [-0.05, 0) is 25.3 Å². The van der Waals surface area contributed by atoms with Gasteiger partial charge in [0.2, 0.25) is 5.82 Å². The number of rotatable bonds is 3. The van der Waals surface area contributed by atoms with Gasteiger partial charge >= 0.3 is 5.69 Å². The molecule has 1 fully saturated rings. The third-order valence-electron chi connectivity index (χ3n) is 3.54. The van der Waals surface area contributed by atoms with E-state index >= 15 is 0 Å². The Morgan fingerprint density at radius 1 is 1.71 bits per heavy atom. The number of anilines is 1. The van der Waals surface area contributed by atoms with Crippen molar-refractivity contribution >= 4 is 11.5 Å². The van der Waals surface area contributed by atoms with Crippen LogP contribution < -0.4 is 4.90 Å². The van der Waals surface area contributed by atoms with E-state index in [4.69, 9.17) is 5.53 Å². The first-order valence-electron chi connectivity index (χ1n) is 6.52. The van der Waals surface area contributed by atoms with E-state index in [1.54, 1.807) is 18.9 Å². The molecule has 2 atom stereocenters. The molecule has 21 heavy (non-hydrogen) atoms. The lowest BCUT2D eigenvalue weighted by molar-refractivity contribution is -0.384. The zero-order chi connectivity index (χ0) is 15.6. The van der Waals surface area contributed by atoms with Crippen molar-refractivity contribution in [2.45, 2.75) is 31.4 Å². The Kier molecular flexibility index (Phi) is 4.01. The molecule has 0 aliphatic carbocycles. The predicted molar refractivity (Wildman–Crippen MR) is 74.9 cm³/mol. The Morgan fingerprint density at radius 2 is 2.43 bits per heavy atom. The highest BCUT2D eigenvalue weighted by Crippen LogP contribution is 2.32. The number of aryl methyl sites for hydroxylation is 1. The molecular weight excluding hydrogens is 278 g/mol. The van der Waals surface area contributed by atoms with E-state index < -0.39 is 10.5 Å². The summed E-state index contributed by atoms with van der Waals surface area (Å²) in [5.41, 5.74) is 7.35. The normalized spacial score (nSPS) is 26.0. The third kappa shape index (κ3) is 3.23. The van der Waals surface area contributed by atoms with Gasteiger partial charge in [-0.15, -0.1) is 0 Å². The Labute approximate surface area is 120 Å². The lowest BCUT2D eigenvalue weighted by Crippen LogP contribution is -2.40. The number of azide groups is 1. The van der Waals surface area contributed by atoms with E-state index in [0.29, 0.717) is 25.2 Å². The van der Waals surface area contributed by atoms with Crippen LogP contribution in [0.25, 0.3) is 10.4 Å². The van der Waals surface area contributed by atoms with Gasteiger partial charge in [0, 0.05) is 31.1 Å². The van der Waals surface area contributed by atoms with Crippen LogP contribution in [0.4, 0.5) is 11.5 Å². The lowest BCUT2D eigenvalue weighted by atomic mass is 9.97. The summed E-state index contributed by atoms with van der Waals surface area (Å²) in [6.07, 6.45) is 2.03. The minimum Gasteiger partial charge on any atom is -0.388 e. The van der Waals surface area contributed by atoms with Crippen LogP contribution in [0.3, 0.4) is 0 Å². The number of aromatic nitrogens is 2. The molecule has 0 amide bonds. The van der Waals surface area contributed by atoms with Gasteiger partial charge in [-0.1, -0.05) is 5.11 Å². The van der Waals surface area contributed by atoms with Crippen LogP contribution in [0.1, 0.15) is 19.8 Å². The number of nitrogens with zero attached hydrogens (tertiary/aromatic N) is 7. The molecule has 1 aromatic heterocycles. The summed E-state index contributed by atoms with van der Waals surface area (Å²) in [4.78, 5) is 15.1. The zero-order valence-electron chi connectivity index (χ0n) is 11.9. The van der Waals surface area contributed by atoms with Crippen molar-refractivity contribution in [2.24, 2.45) is 12.2 Å². The van der Waals surface area contributed by atoms with Gasteiger partial charge in [0.05, 0.1) is 10.5 Å². The molecule has 1 aliphatic heterocycles. The van der Waals surface area contributed by atoms with Crippen LogP contribution in [-0.2, 0) is 7.05 Å². The standard InChI is InChI=1S/C11H17N7O3/c1-11(19)5-8(14-15-12)3-4-17(7-11)10-9(18(20)21)6-13-16(10)2/h6,8,19H,3-5,7H2,1-2H3/t8-,11-/m1/s1. The van der Waals surface area contributed by atoms with E-state index in [9.17, 15) is 15.2 Å². The summed E-state index contributed by atoms with van der Waals surface area (Å²) < 4.78 is 1.42. The molecule has 1 N–H and O–H groups in total. The second kappa shape index (κ2) is 5.58. The van der Waals surface area contributed by atoms with Gasteiger partial charge in [-0.2, -0.15) is 5.10 Å². The van der Waals surface area contributed by atoms with E-state index in [-0.39, 0.29) is 18.3 Å². The summed E-state index contributed by atoms with van der Waals surface area (Å²) in [6, 6.07) is -0.331. The molecule has 0 radical (unpaired) electrons. The Balaban J connectivity index is 2.34. The van der Waals surface area contributed by atoms with Crippen LogP contribution in [0, 0.1) is 10.1 Å². The first-order valence-corrected chi connectivity index (χ1v) is 6.52. The van der Waals surface area contributed by atoms with Crippen LogP contribution in [0.5, 0.6) is 0 Å². The van der Waals surface area contributed by atoms with Gasteiger partial charge in [-0.3, -0.25) is 10.1 Å². The highest BCUT2D eigenvalue weighted by atomic mass is 16.6. The molecule has 1 aromatic rings. The van der Waals surface area contributed by atoms with Crippen molar-refractivity contribution in [2.75, 3.05) is 18.0 Å². The SMILES string of the molecule is Cn1ncc([N+](=O)[O-])c1N1CC[C@@H](N=[N+]=[N-])C[C@@](C)(O)C1. The van der Waals surface area contributed by atoms with Gasteiger partial charge in [0.25, 0.3) is 0 Å². The molecule has 0 spiro atoms. The second-order valence-electron chi connectivity index (χ2n) is 5.50. The van der Waals surface area contributed by atoms with Gasteiger partial charge in [0.1, 0.15) is 6.20 Å². The maximum Gasteiger partial charge on any atom is 0.331 e. The number of β-amino-alcohol motifs (C(OH)–C–C–N with tert-alkyl or cyclic N) is 1. The monoisotopic (exact) mass is 295 g/mol. The van der Waals surface area contributed by atoms with Crippen LogP contribution in [0.2, 0.25) is 0 Å². The van der Waals surface area contributed by atoms with Gasteiger partial charge in [-0.25, -0.2) is 4.68 Å². The Hall–Kier alpha value is -2.32. The van der Waals surface area contributed by atoms with Crippen molar-refractivity contribution in [1.82, 2.24) is 9.78 Å². The van der Waals surface area contributed by atoms with E-state index in [0.717, 1.165) is 0 Å². The van der Waals surface area contributed by atoms with E-state index in [2.05, 4.69) is 15.1 Å². The summed E-state index contributed by atoms with van der Waals surface area (Å²) in [6.45, 7) is 2.29. The number of hydrogen-bond acceptors (Lipinski definition) is 6. The van der Waals surface area contributed by atoms with E-state index in [1.165, 1.54) is 10.9 Å². The summed E-state index contributed by atoms with van der Waals surface area (Å²) in [5.74, 6) is 0.349. The first kappa shape index (κ1) is 15.1. The first-order chi connectivity index (χ1) is 9.84. The minimum absolute atomic E-state index is 0.101. The van der Waals surface area contributed by atoms with Crippen LogP contribution in [0.15, 0.2) is 11.3 Å². The van der Waals surface area contributed by atoms with Crippen molar-refractivity contribution in [1.29, 1.82) is 0 Å². The quantitative estimate of drug-likeness (QED) is 0.295. The van der Waals surface area contributed by atoms with Crippen LogP contribution in [-0.4, -0.2) is 44.5 Å². The molecule has 10 nitrogen and oxygen atoms in total. The molecule has 0 unspecified atom stereocenters. The molecule has 0 saturated carbocycles. The molecule has 2 heterocycles. The van der Waals surface area contributed by atoms with Gasteiger partial charge < -0.3 is 10.0 Å². The Bertz CT molecular complexity index is 591. The maximum absolute atomic E-state index is 11.1. The molecule has 1 saturated heterocycles. The highest BCUT2D eigenvalue weighted by molar-refractivity contribution is 5.57. The van der Waals surface area contributed by atoms with Crippen molar-refractivity contribution in [3.05, 3.63) is 26.8 Å². The number of nitro groups is 1. The topological polar surface area (TPSA) is 133 Å². The molecule has 1 aliphatic rings. The number of hydrogen-bond donors (Lipinski definition) is 1. The number of aliphatic hydroxyl groups is 1. The van der Waals surface area contributed by atoms with E-state index in [1.807, 2.05) is 0 Å². The Morgan fingerprint density at radius 3 is 3.05 bits per heavy atom. The smallest absolute Gasteiger partial charge is 0.331 e. The predicted octanol–water partition coefficient (Wildman–Crippen LogP) is 1.36. The molecule has 0 aromatic carbocycles. The fourth-order valence-electron chi connectivity index (χ4n) is 2.74. The largest absolute Gasteiger partial charge is 0.388 e. The zero-order valence-corrected chi connectivity index (χ0v) is 11.9. The summed E-state index contributed by atoms with van der Waals surface area (Å²) >= 11 is 0. The molecule has 0 bridgehead atoms. The lowest BCUT2D eigenvalue weighted by Gasteiger charge is -2.29. The third-order valence-corrected chi connectivity index (χ3v) is 3.54. The maximum atomic E-state index is 11.1. The summed E-state index contributed by atoms with van der Waals surface area (Å²) in [7, 11) is 1.62.